The van der Waals surface area contributed by atoms with Crippen LogP contribution >= 0.6 is 11.6 Å². The van der Waals surface area contributed by atoms with E-state index in [1.807, 2.05) is 0 Å². The molecule has 1 heterocycles. The predicted octanol–water partition coefficient (Wildman–Crippen LogP) is 3.28. The highest BCUT2D eigenvalue weighted by atomic mass is 35.5. The summed E-state index contributed by atoms with van der Waals surface area (Å²) in [5.41, 5.74) is 0.635. The van der Waals surface area contributed by atoms with Crippen molar-refractivity contribution in [2.24, 2.45) is 0 Å². The number of amides is 1. The molecule has 8 nitrogen and oxygen atoms in total. The quantitative estimate of drug-likeness (QED) is 0.577. The van der Waals surface area contributed by atoms with Gasteiger partial charge in [-0.05, 0) is 48.5 Å². The van der Waals surface area contributed by atoms with Crippen LogP contribution in [-0.4, -0.2) is 31.6 Å². The second-order valence-corrected chi connectivity index (χ2v) is 8.52. The number of nitrogens with one attached hydrogen (secondary N) is 1. The molecule has 0 aliphatic heterocycles. The lowest BCUT2D eigenvalue weighted by molar-refractivity contribution is -0.116. The van der Waals surface area contributed by atoms with E-state index in [4.69, 9.17) is 20.9 Å². The maximum absolute atomic E-state index is 12.4. The second-order valence-electron chi connectivity index (χ2n) is 6.09. The topological polar surface area (TPSA) is 111 Å². The molecule has 0 aliphatic rings. The summed E-state index contributed by atoms with van der Waals surface area (Å²) in [6.07, 6.45) is 0.299. The van der Waals surface area contributed by atoms with Gasteiger partial charge in [0, 0.05) is 23.6 Å². The lowest BCUT2D eigenvalue weighted by Gasteiger charge is -2.05. The maximum Gasteiger partial charge on any atom is 0.227 e. The van der Waals surface area contributed by atoms with Crippen LogP contribution in [0.5, 0.6) is 5.75 Å². The Hall–Kier alpha value is -2.91. The average molecular weight is 436 g/mol. The van der Waals surface area contributed by atoms with Gasteiger partial charge >= 0.3 is 0 Å². The third kappa shape index (κ3) is 5.78. The Kier molecular flexibility index (Phi) is 6.50. The van der Waals surface area contributed by atoms with Gasteiger partial charge in [-0.1, -0.05) is 16.8 Å². The molecule has 2 aromatic carbocycles. The zero-order valence-electron chi connectivity index (χ0n) is 15.5. The zero-order chi connectivity index (χ0) is 20.9. The SMILES string of the molecule is COc1ccc(NC(=O)CCc2nc(CS(=O)(=O)c3ccc(Cl)cc3)no2)cc1. The molecule has 1 aromatic heterocycles. The van der Waals surface area contributed by atoms with E-state index in [1.165, 1.54) is 24.3 Å². The monoisotopic (exact) mass is 435 g/mol. The fourth-order valence-corrected chi connectivity index (χ4v) is 3.76. The van der Waals surface area contributed by atoms with Crippen LogP contribution < -0.4 is 10.1 Å². The molecule has 0 radical (unpaired) electrons. The number of benzene rings is 2. The van der Waals surface area contributed by atoms with Crippen LogP contribution in [0.25, 0.3) is 0 Å². The highest BCUT2D eigenvalue weighted by molar-refractivity contribution is 7.90. The molecule has 3 rings (SSSR count). The molecule has 0 unspecified atom stereocenters. The lowest BCUT2D eigenvalue weighted by Crippen LogP contribution is -2.12. The summed E-state index contributed by atoms with van der Waals surface area (Å²) >= 11 is 5.78. The molecule has 0 atom stereocenters. The van der Waals surface area contributed by atoms with Gasteiger partial charge in [-0.2, -0.15) is 4.98 Å². The number of carbonyl (C=O) groups excluding carboxylic acids is 1. The first kappa shape index (κ1) is 20.8. The first-order valence-corrected chi connectivity index (χ1v) is 10.6. The molecule has 0 aliphatic carbocycles. The van der Waals surface area contributed by atoms with E-state index in [9.17, 15) is 13.2 Å². The minimum atomic E-state index is -3.63. The second kappa shape index (κ2) is 9.06. The lowest BCUT2D eigenvalue weighted by atomic mass is 10.2. The summed E-state index contributed by atoms with van der Waals surface area (Å²) in [5, 5.41) is 6.88. The normalized spacial score (nSPS) is 11.2. The Morgan fingerprint density at radius 1 is 1.14 bits per heavy atom. The van der Waals surface area contributed by atoms with Gasteiger partial charge < -0.3 is 14.6 Å². The Bertz CT molecular complexity index is 1080. The Morgan fingerprint density at radius 2 is 1.83 bits per heavy atom. The highest BCUT2D eigenvalue weighted by Crippen LogP contribution is 2.18. The number of aromatic nitrogens is 2. The van der Waals surface area contributed by atoms with Crippen molar-refractivity contribution in [3.63, 3.8) is 0 Å². The van der Waals surface area contributed by atoms with Crippen molar-refractivity contribution in [1.29, 1.82) is 0 Å². The van der Waals surface area contributed by atoms with Crippen LogP contribution in [-0.2, 0) is 26.8 Å². The molecule has 0 saturated carbocycles. The maximum atomic E-state index is 12.4. The molecule has 29 heavy (non-hydrogen) atoms. The molecule has 10 heteroatoms. The number of methoxy groups -OCH3 is 1. The van der Waals surface area contributed by atoms with Crippen molar-refractivity contribution in [1.82, 2.24) is 10.1 Å². The molecule has 0 saturated heterocycles. The summed E-state index contributed by atoms with van der Waals surface area (Å²) < 4.78 is 34.9. The van der Waals surface area contributed by atoms with Gasteiger partial charge in [0.15, 0.2) is 15.7 Å². The van der Waals surface area contributed by atoms with Crippen molar-refractivity contribution in [3.05, 3.63) is 65.3 Å². The van der Waals surface area contributed by atoms with Crippen molar-refractivity contribution >= 4 is 33.0 Å². The fourth-order valence-electron chi connectivity index (χ4n) is 2.46. The summed E-state index contributed by atoms with van der Waals surface area (Å²) in [4.78, 5) is 16.2. The molecule has 0 fully saturated rings. The molecule has 152 valence electrons. The summed E-state index contributed by atoms with van der Waals surface area (Å²) in [7, 11) is -2.07. The van der Waals surface area contributed by atoms with E-state index in [-0.39, 0.29) is 35.4 Å². The number of carbonyl (C=O) groups is 1. The van der Waals surface area contributed by atoms with Crippen LogP contribution in [0.1, 0.15) is 18.1 Å². The van der Waals surface area contributed by atoms with Crippen molar-refractivity contribution in [2.45, 2.75) is 23.5 Å². The predicted molar refractivity (Wildman–Crippen MR) is 107 cm³/mol. The number of halogens is 1. The molecule has 1 amide bonds. The molecule has 0 bridgehead atoms. The fraction of sp³-hybridized carbons (Fsp3) is 0.211. The minimum absolute atomic E-state index is 0.0329. The highest BCUT2D eigenvalue weighted by Gasteiger charge is 2.19. The molecular weight excluding hydrogens is 418 g/mol. The summed E-state index contributed by atoms with van der Waals surface area (Å²) in [6.45, 7) is 0. The van der Waals surface area contributed by atoms with Gasteiger partial charge in [-0.15, -0.1) is 0 Å². The molecule has 0 spiro atoms. The van der Waals surface area contributed by atoms with Gasteiger partial charge in [0.1, 0.15) is 11.5 Å². The third-order valence-electron chi connectivity index (χ3n) is 3.94. The number of rotatable bonds is 8. The summed E-state index contributed by atoms with van der Waals surface area (Å²) in [5.74, 6) is 0.274. The van der Waals surface area contributed by atoms with Gasteiger partial charge in [0.25, 0.3) is 0 Å². The number of hydrogen-bond donors (Lipinski definition) is 1. The largest absolute Gasteiger partial charge is 0.497 e. The zero-order valence-corrected chi connectivity index (χ0v) is 17.0. The van der Waals surface area contributed by atoms with Crippen molar-refractivity contribution in [2.75, 3.05) is 12.4 Å². The number of ether oxygens (including phenoxy) is 1. The first-order chi connectivity index (χ1) is 13.9. The van der Waals surface area contributed by atoms with E-state index < -0.39 is 15.6 Å². The molecule has 3 aromatic rings. The van der Waals surface area contributed by atoms with Crippen LogP contribution in [0, 0.1) is 0 Å². The van der Waals surface area contributed by atoms with Gasteiger partial charge in [0.2, 0.25) is 11.8 Å². The van der Waals surface area contributed by atoms with Crippen molar-refractivity contribution in [3.8, 4) is 5.75 Å². The Labute approximate surface area is 172 Å². The van der Waals surface area contributed by atoms with Crippen molar-refractivity contribution < 1.29 is 22.5 Å². The van der Waals surface area contributed by atoms with Crippen LogP contribution in [0.15, 0.2) is 57.9 Å². The van der Waals surface area contributed by atoms with E-state index in [2.05, 4.69) is 15.5 Å². The summed E-state index contributed by atoms with van der Waals surface area (Å²) in [6, 6.07) is 12.8. The van der Waals surface area contributed by atoms with Crippen LogP contribution in [0.2, 0.25) is 5.02 Å². The van der Waals surface area contributed by atoms with E-state index in [1.54, 1.807) is 31.4 Å². The third-order valence-corrected chi connectivity index (χ3v) is 5.82. The Morgan fingerprint density at radius 3 is 2.48 bits per heavy atom. The Balaban J connectivity index is 1.54. The minimum Gasteiger partial charge on any atom is -0.497 e. The molecule has 1 N–H and O–H groups in total. The number of sulfone groups is 1. The van der Waals surface area contributed by atoms with Crippen LogP contribution in [0.4, 0.5) is 5.69 Å². The van der Waals surface area contributed by atoms with E-state index >= 15 is 0 Å². The number of aryl methyl sites for hydroxylation is 1. The van der Waals surface area contributed by atoms with E-state index in [0.29, 0.717) is 16.5 Å². The smallest absolute Gasteiger partial charge is 0.227 e. The molecular formula is C19H18ClN3O5S. The first-order valence-electron chi connectivity index (χ1n) is 8.59. The number of nitrogens with zero attached hydrogens (tertiary/aromatic N) is 2. The van der Waals surface area contributed by atoms with Gasteiger partial charge in [-0.25, -0.2) is 8.42 Å². The average Bonchev–Trinajstić information content (AvgIpc) is 3.14. The van der Waals surface area contributed by atoms with Crippen LogP contribution in [0.3, 0.4) is 0 Å². The van der Waals surface area contributed by atoms with E-state index in [0.717, 1.165) is 0 Å². The standard InChI is InChI=1S/C19H18ClN3O5S/c1-27-15-6-4-14(5-7-15)21-18(24)10-11-19-22-17(23-28-19)12-29(25,26)16-8-2-13(20)3-9-16/h2-9H,10-12H2,1H3,(H,21,24). The van der Waals surface area contributed by atoms with Gasteiger partial charge in [0.05, 0.1) is 12.0 Å². The number of anilines is 1. The van der Waals surface area contributed by atoms with Gasteiger partial charge in [-0.3, -0.25) is 4.79 Å². The number of hydrogen-bond acceptors (Lipinski definition) is 7.